The summed E-state index contributed by atoms with van der Waals surface area (Å²) in [4.78, 5) is 64.2. The van der Waals surface area contributed by atoms with Crippen molar-refractivity contribution in [2.75, 3.05) is 6.54 Å². The van der Waals surface area contributed by atoms with E-state index in [1.165, 1.54) is 6.92 Å². The quantitative estimate of drug-likeness (QED) is 0.137. The first-order chi connectivity index (χ1) is 18.9. The summed E-state index contributed by atoms with van der Waals surface area (Å²) in [5.41, 5.74) is 11.1. The Balaban J connectivity index is 3.15. The third kappa shape index (κ3) is 12.2. The highest BCUT2D eigenvalue weighted by Gasteiger charge is 2.35. The number of hydrogen-bond donors (Lipinski definition) is 6. The van der Waals surface area contributed by atoms with E-state index in [4.69, 9.17) is 11.5 Å². The Labute approximate surface area is 240 Å². The van der Waals surface area contributed by atoms with Crippen LogP contribution in [-0.2, 0) is 24.0 Å². The number of nitrogens with two attached hydrogens (primary N) is 2. The molecule has 11 nitrogen and oxygen atoms in total. The summed E-state index contributed by atoms with van der Waals surface area (Å²) in [7, 11) is 0. The number of primary amides is 1. The van der Waals surface area contributed by atoms with E-state index in [0.717, 1.165) is 32.1 Å². The zero-order valence-corrected chi connectivity index (χ0v) is 25.2. The molecule has 0 saturated heterocycles. The molecule has 0 aromatic rings. The van der Waals surface area contributed by atoms with Crippen LogP contribution >= 0.6 is 0 Å². The lowest BCUT2D eigenvalue weighted by atomic mass is 9.84. The predicted octanol–water partition coefficient (Wildman–Crippen LogP) is 1.62. The molecule has 0 spiro atoms. The minimum absolute atomic E-state index is 0.139. The van der Waals surface area contributed by atoms with E-state index in [1.54, 1.807) is 0 Å². The van der Waals surface area contributed by atoms with Gasteiger partial charge >= 0.3 is 0 Å². The number of amides is 5. The molecule has 0 bridgehead atoms. The van der Waals surface area contributed by atoms with Gasteiger partial charge in [-0.2, -0.15) is 0 Å². The molecule has 230 valence electrons. The summed E-state index contributed by atoms with van der Waals surface area (Å²) < 4.78 is 0. The van der Waals surface area contributed by atoms with Crippen molar-refractivity contribution >= 4 is 29.5 Å². The van der Waals surface area contributed by atoms with E-state index < -0.39 is 47.8 Å². The van der Waals surface area contributed by atoms with E-state index in [-0.39, 0.29) is 23.7 Å². The van der Waals surface area contributed by atoms with E-state index in [0.29, 0.717) is 45.1 Å². The summed E-state index contributed by atoms with van der Waals surface area (Å²) in [6.45, 7) is 9.40. The predicted molar refractivity (Wildman–Crippen MR) is 156 cm³/mol. The van der Waals surface area contributed by atoms with Gasteiger partial charge in [0.05, 0.1) is 0 Å². The number of hydrogen-bond acceptors (Lipinski definition) is 6. The molecule has 0 radical (unpaired) electrons. The minimum atomic E-state index is -0.907. The van der Waals surface area contributed by atoms with Crippen molar-refractivity contribution in [2.24, 2.45) is 29.2 Å². The first kappa shape index (κ1) is 35.3. The summed E-state index contributed by atoms with van der Waals surface area (Å²) >= 11 is 0. The average molecular weight is 567 g/mol. The summed E-state index contributed by atoms with van der Waals surface area (Å²) in [5.74, 6) is -2.43. The zero-order valence-electron chi connectivity index (χ0n) is 25.2. The van der Waals surface area contributed by atoms with Crippen LogP contribution in [0.25, 0.3) is 0 Å². The number of unbranched alkanes of at least 4 members (excludes halogenated alkanes) is 1. The van der Waals surface area contributed by atoms with Crippen LogP contribution in [0.4, 0.5) is 0 Å². The first-order valence-corrected chi connectivity index (χ1v) is 15.1. The van der Waals surface area contributed by atoms with E-state index in [2.05, 4.69) is 21.3 Å². The van der Waals surface area contributed by atoms with Gasteiger partial charge in [-0.05, 0) is 50.0 Å². The van der Waals surface area contributed by atoms with E-state index in [1.807, 2.05) is 27.7 Å². The fourth-order valence-corrected chi connectivity index (χ4v) is 5.17. The molecule has 6 atom stereocenters. The van der Waals surface area contributed by atoms with Crippen molar-refractivity contribution in [3.8, 4) is 0 Å². The second kappa shape index (κ2) is 18.6. The molecule has 1 rings (SSSR count). The van der Waals surface area contributed by atoms with Crippen LogP contribution in [0.3, 0.4) is 0 Å². The molecule has 1 fully saturated rings. The highest BCUT2D eigenvalue weighted by atomic mass is 16.2. The van der Waals surface area contributed by atoms with Crippen LogP contribution in [-0.4, -0.2) is 60.2 Å². The maximum Gasteiger partial charge on any atom is 0.243 e. The zero-order chi connectivity index (χ0) is 30.2. The second-order valence-corrected chi connectivity index (χ2v) is 11.5. The average Bonchev–Trinajstić information content (AvgIpc) is 2.92. The van der Waals surface area contributed by atoms with Gasteiger partial charge in [-0.3, -0.25) is 24.0 Å². The SMILES string of the molecule is CC[C@H](C)[C@H](NC(C)=O)C(=O)N[C@H](C(=O)N[C@@H](CC1CCCCC1)C(=O)N[C@@H](CCCCN)C(N)=O)[C@@H](C)CC. The number of carbonyl (C=O) groups is 5. The molecule has 5 amide bonds. The van der Waals surface area contributed by atoms with Crippen molar-refractivity contribution in [3.63, 3.8) is 0 Å². The van der Waals surface area contributed by atoms with E-state index >= 15 is 0 Å². The lowest BCUT2D eigenvalue weighted by molar-refractivity contribution is -0.136. The third-order valence-corrected chi connectivity index (χ3v) is 8.18. The van der Waals surface area contributed by atoms with Gasteiger partial charge < -0.3 is 32.7 Å². The number of nitrogens with one attached hydrogen (secondary N) is 4. The first-order valence-electron chi connectivity index (χ1n) is 15.1. The Hall–Kier alpha value is -2.69. The lowest BCUT2D eigenvalue weighted by Crippen LogP contribution is -2.60. The Morgan fingerprint density at radius 2 is 1.27 bits per heavy atom. The summed E-state index contributed by atoms with van der Waals surface area (Å²) in [6, 6.07) is -3.43. The third-order valence-electron chi connectivity index (χ3n) is 8.18. The van der Waals surface area contributed by atoms with Crippen LogP contribution in [0.15, 0.2) is 0 Å². The van der Waals surface area contributed by atoms with Crippen LogP contribution in [0.5, 0.6) is 0 Å². The topological polar surface area (TPSA) is 186 Å². The standard InChI is InChI=1S/C29H54N6O5/c1-6-18(3)24(32-20(5)36)29(40)35-25(19(4)7-2)28(39)34-23(17-21-13-9-8-10-14-21)27(38)33-22(26(31)37)15-11-12-16-30/h18-19,21-25H,6-17,30H2,1-5H3,(H2,31,37)(H,32,36)(H,33,38)(H,34,39)(H,35,40)/t18-,19-,22-,23-,24-,25-/m0/s1. The second-order valence-electron chi connectivity index (χ2n) is 11.5. The van der Waals surface area contributed by atoms with Gasteiger partial charge in [0.15, 0.2) is 0 Å². The van der Waals surface area contributed by atoms with Gasteiger partial charge in [-0.15, -0.1) is 0 Å². The van der Waals surface area contributed by atoms with Crippen molar-refractivity contribution in [1.82, 2.24) is 21.3 Å². The van der Waals surface area contributed by atoms with Crippen LogP contribution in [0, 0.1) is 17.8 Å². The molecule has 11 heteroatoms. The van der Waals surface area contributed by atoms with Gasteiger partial charge in [-0.25, -0.2) is 0 Å². The largest absolute Gasteiger partial charge is 0.368 e. The molecule has 40 heavy (non-hydrogen) atoms. The van der Waals surface area contributed by atoms with Crippen LogP contribution in [0.2, 0.25) is 0 Å². The molecule has 8 N–H and O–H groups in total. The number of carbonyl (C=O) groups excluding carboxylic acids is 5. The van der Waals surface area contributed by atoms with Gasteiger partial charge in [-0.1, -0.05) is 72.6 Å². The number of rotatable bonds is 18. The Morgan fingerprint density at radius 1 is 0.750 bits per heavy atom. The molecule has 1 saturated carbocycles. The van der Waals surface area contributed by atoms with Crippen LogP contribution in [0.1, 0.15) is 105 Å². The van der Waals surface area contributed by atoms with Crippen molar-refractivity contribution in [2.45, 2.75) is 129 Å². The Bertz CT molecular complexity index is 832. The highest BCUT2D eigenvalue weighted by Crippen LogP contribution is 2.27. The van der Waals surface area contributed by atoms with Gasteiger partial charge in [0.2, 0.25) is 29.5 Å². The maximum absolute atomic E-state index is 13.7. The van der Waals surface area contributed by atoms with Crippen LogP contribution < -0.4 is 32.7 Å². The normalized spacial score (nSPS) is 18.4. The molecule has 1 aliphatic rings. The summed E-state index contributed by atoms with van der Waals surface area (Å²) in [5, 5.41) is 11.2. The van der Waals surface area contributed by atoms with Crippen molar-refractivity contribution in [3.05, 3.63) is 0 Å². The molecule has 0 heterocycles. The van der Waals surface area contributed by atoms with Crippen molar-refractivity contribution < 1.29 is 24.0 Å². The fraction of sp³-hybridized carbons (Fsp3) is 0.828. The lowest BCUT2D eigenvalue weighted by Gasteiger charge is -2.31. The van der Waals surface area contributed by atoms with Gasteiger partial charge in [0.25, 0.3) is 0 Å². The van der Waals surface area contributed by atoms with E-state index in [9.17, 15) is 24.0 Å². The molecular weight excluding hydrogens is 512 g/mol. The molecule has 0 unspecified atom stereocenters. The Morgan fingerprint density at radius 3 is 1.77 bits per heavy atom. The highest BCUT2D eigenvalue weighted by molar-refractivity contribution is 5.95. The monoisotopic (exact) mass is 566 g/mol. The smallest absolute Gasteiger partial charge is 0.243 e. The molecule has 0 aromatic heterocycles. The molecular formula is C29H54N6O5. The summed E-state index contributed by atoms with van der Waals surface area (Å²) in [6.07, 6.45) is 8.64. The van der Waals surface area contributed by atoms with Crippen molar-refractivity contribution in [1.29, 1.82) is 0 Å². The molecule has 0 aliphatic heterocycles. The molecule has 0 aromatic carbocycles. The molecule has 1 aliphatic carbocycles. The van der Waals surface area contributed by atoms with Gasteiger partial charge in [0, 0.05) is 6.92 Å². The maximum atomic E-state index is 13.7. The van der Waals surface area contributed by atoms with Gasteiger partial charge in [0.1, 0.15) is 24.2 Å². The minimum Gasteiger partial charge on any atom is -0.368 e. The Kier molecular flexibility index (Phi) is 16.4. The fourth-order valence-electron chi connectivity index (χ4n) is 5.17.